The SMILES string of the molecule is C/C=C/C=C/c1nccnc1C. The molecule has 0 unspecified atom stereocenters. The van der Waals surface area contributed by atoms with Crippen LogP contribution >= 0.6 is 0 Å². The molecule has 0 aliphatic rings. The second kappa shape index (κ2) is 4.44. The van der Waals surface area contributed by atoms with Crippen molar-refractivity contribution >= 4 is 6.08 Å². The van der Waals surface area contributed by atoms with Crippen LogP contribution in [0.1, 0.15) is 18.3 Å². The molecule has 0 bridgehead atoms. The van der Waals surface area contributed by atoms with Crippen LogP contribution < -0.4 is 0 Å². The number of allylic oxidation sites excluding steroid dienone is 3. The summed E-state index contributed by atoms with van der Waals surface area (Å²) in [4.78, 5) is 8.29. The van der Waals surface area contributed by atoms with Crippen LogP contribution in [0.2, 0.25) is 0 Å². The fraction of sp³-hybridized carbons (Fsp3) is 0.200. The Balaban J connectivity index is 2.82. The molecule has 62 valence electrons. The zero-order valence-electron chi connectivity index (χ0n) is 7.36. The zero-order valence-corrected chi connectivity index (χ0v) is 7.36. The van der Waals surface area contributed by atoms with Gasteiger partial charge in [0, 0.05) is 12.4 Å². The Labute approximate surface area is 72.7 Å². The molecule has 0 N–H and O–H groups in total. The van der Waals surface area contributed by atoms with Crippen LogP contribution in [0.5, 0.6) is 0 Å². The molecule has 12 heavy (non-hydrogen) atoms. The molecule has 0 spiro atoms. The fourth-order valence-electron chi connectivity index (χ4n) is 0.840. The summed E-state index contributed by atoms with van der Waals surface area (Å²) in [6, 6.07) is 0. The van der Waals surface area contributed by atoms with E-state index in [0.29, 0.717) is 0 Å². The monoisotopic (exact) mass is 160 g/mol. The number of aryl methyl sites for hydroxylation is 1. The lowest BCUT2D eigenvalue weighted by Crippen LogP contribution is -1.88. The second-order valence-electron chi connectivity index (χ2n) is 2.41. The average Bonchev–Trinajstić information content (AvgIpc) is 2.09. The van der Waals surface area contributed by atoms with Gasteiger partial charge < -0.3 is 0 Å². The topological polar surface area (TPSA) is 25.8 Å². The van der Waals surface area contributed by atoms with Crippen molar-refractivity contribution in [3.05, 3.63) is 42.0 Å². The first-order valence-electron chi connectivity index (χ1n) is 3.91. The van der Waals surface area contributed by atoms with Gasteiger partial charge in [-0.1, -0.05) is 18.2 Å². The van der Waals surface area contributed by atoms with Crippen molar-refractivity contribution in [2.24, 2.45) is 0 Å². The second-order valence-corrected chi connectivity index (χ2v) is 2.41. The van der Waals surface area contributed by atoms with Gasteiger partial charge in [-0.25, -0.2) is 0 Å². The molecular formula is C10H12N2. The highest BCUT2D eigenvalue weighted by molar-refractivity contribution is 5.48. The van der Waals surface area contributed by atoms with E-state index in [4.69, 9.17) is 0 Å². The number of aromatic nitrogens is 2. The van der Waals surface area contributed by atoms with E-state index in [-0.39, 0.29) is 0 Å². The molecule has 1 heterocycles. The largest absolute Gasteiger partial charge is 0.258 e. The molecule has 0 fully saturated rings. The summed E-state index contributed by atoms with van der Waals surface area (Å²) in [5, 5.41) is 0. The van der Waals surface area contributed by atoms with Crippen LogP contribution in [0.4, 0.5) is 0 Å². The number of rotatable bonds is 2. The minimum atomic E-state index is 0.926. The minimum Gasteiger partial charge on any atom is -0.258 e. The molecular weight excluding hydrogens is 148 g/mol. The van der Waals surface area contributed by atoms with Gasteiger partial charge in [-0.15, -0.1) is 0 Å². The molecule has 0 saturated heterocycles. The summed E-state index contributed by atoms with van der Waals surface area (Å²) in [5.74, 6) is 0. The van der Waals surface area contributed by atoms with Crippen LogP contribution in [0, 0.1) is 6.92 Å². The van der Waals surface area contributed by atoms with Gasteiger partial charge in [0.2, 0.25) is 0 Å². The predicted octanol–water partition coefficient (Wildman–Crippen LogP) is 2.37. The Hall–Kier alpha value is -1.44. The van der Waals surface area contributed by atoms with Crippen molar-refractivity contribution < 1.29 is 0 Å². The molecule has 0 aromatic carbocycles. The third-order valence-electron chi connectivity index (χ3n) is 1.48. The Morgan fingerprint density at radius 3 is 2.58 bits per heavy atom. The van der Waals surface area contributed by atoms with E-state index in [9.17, 15) is 0 Å². The van der Waals surface area contributed by atoms with Crippen LogP contribution in [-0.2, 0) is 0 Å². The van der Waals surface area contributed by atoms with Gasteiger partial charge >= 0.3 is 0 Å². The molecule has 0 aliphatic carbocycles. The van der Waals surface area contributed by atoms with Crippen LogP contribution in [0.25, 0.3) is 6.08 Å². The lowest BCUT2D eigenvalue weighted by atomic mass is 10.3. The van der Waals surface area contributed by atoms with Crippen molar-refractivity contribution in [2.75, 3.05) is 0 Å². The Bertz CT molecular complexity index is 300. The predicted molar refractivity (Wildman–Crippen MR) is 50.6 cm³/mol. The lowest BCUT2D eigenvalue weighted by molar-refractivity contribution is 1.10. The molecule has 0 atom stereocenters. The summed E-state index contributed by atoms with van der Waals surface area (Å²) in [6.45, 7) is 3.93. The summed E-state index contributed by atoms with van der Waals surface area (Å²) in [5.41, 5.74) is 1.88. The van der Waals surface area contributed by atoms with Gasteiger partial charge in [-0.2, -0.15) is 0 Å². The van der Waals surface area contributed by atoms with E-state index >= 15 is 0 Å². The normalized spacial score (nSPS) is 11.5. The summed E-state index contributed by atoms with van der Waals surface area (Å²) in [6.07, 6.45) is 11.2. The van der Waals surface area contributed by atoms with Gasteiger partial charge in [-0.05, 0) is 19.9 Å². The van der Waals surface area contributed by atoms with Gasteiger partial charge in [0.1, 0.15) is 0 Å². The average molecular weight is 160 g/mol. The van der Waals surface area contributed by atoms with Crippen molar-refractivity contribution in [3.63, 3.8) is 0 Å². The van der Waals surface area contributed by atoms with E-state index < -0.39 is 0 Å². The number of hydrogen-bond donors (Lipinski definition) is 0. The van der Waals surface area contributed by atoms with E-state index in [0.717, 1.165) is 11.4 Å². The molecule has 2 nitrogen and oxygen atoms in total. The quantitative estimate of drug-likeness (QED) is 0.621. The minimum absolute atomic E-state index is 0.926. The first kappa shape index (κ1) is 8.65. The highest BCUT2D eigenvalue weighted by Gasteiger charge is 1.91. The maximum atomic E-state index is 4.17. The number of hydrogen-bond acceptors (Lipinski definition) is 2. The van der Waals surface area contributed by atoms with E-state index in [1.165, 1.54) is 0 Å². The Kier molecular flexibility index (Phi) is 3.20. The van der Waals surface area contributed by atoms with Gasteiger partial charge in [-0.3, -0.25) is 9.97 Å². The Morgan fingerprint density at radius 1 is 1.17 bits per heavy atom. The number of nitrogens with zero attached hydrogens (tertiary/aromatic N) is 2. The lowest BCUT2D eigenvalue weighted by Gasteiger charge is -1.94. The summed E-state index contributed by atoms with van der Waals surface area (Å²) in [7, 11) is 0. The zero-order chi connectivity index (χ0) is 8.81. The van der Waals surface area contributed by atoms with Crippen LogP contribution in [-0.4, -0.2) is 9.97 Å². The molecule has 1 rings (SSSR count). The molecule has 0 radical (unpaired) electrons. The first-order chi connectivity index (χ1) is 5.84. The van der Waals surface area contributed by atoms with Crippen molar-refractivity contribution in [1.82, 2.24) is 9.97 Å². The summed E-state index contributed by atoms with van der Waals surface area (Å²) < 4.78 is 0. The van der Waals surface area contributed by atoms with Gasteiger partial charge in [0.25, 0.3) is 0 Å². The maximum Gasteiger partial charge on any atom is 0.0842 e. The third kappa shape index (κ3) is 2.31. The van der Waals surface area contributed by atoms with Gasteiger partial charge in [0.15, 0.2) is 0 Å². The molecule has 1 aromatic rings. The smallest absolute Gasteiger partial charge is 0.0842 e. The third-order valence-corrected chi connectivity index (χ3v) is 1.48. The van der Waals surface area contributed by atoms with Crippen molar-refractivity contribution in [1.29, 1.82) is 0 Å². The van der Waals surface area contributed by atoms with Gasteiger partial charge in [0.05, 0.1) is 11.4 Å². The standard InChI is InChI=1S/C10H12N2/c1-3-4-5-6-10-9(2)11-7-8-12-10/h3-8H,1-2H3/b4-3+,6-5+. The highest BCUT2D eigenvalue weighted by Crippen LogP contribution is 2.01. The van der Waals surface area contributed by atoms with Crippen LogP contribution in [0.15, 0.2) is 30.6 Å². The van der Waals surface area contributed by atoms with Crippen molar-refractivity contribution in [2.45, 2.75) is 13.8 Å². The van der Waals surface area contributed by atoms with Crippen LogP contribution in [0.3, 0.4) is 0 Å². The molecule has 0 saturated carbocycles. The first-order valence-corrected chi connectivity index (χ1v) is 3.91. The molecule has 0 amide bonds. The molecule has 1 aromatic heterocycles. The maximum absolute atomic E-state index is 4.17. The van der Waals surface area contributed by atoms with E-state index in [1.54, 1.807) is 12.4 Å². The fourth-order valence-corrected chi connectivity index (χ4v) is 0.840. The van der Waals surface area contributed by atoms with E-state index in [1.807, 2.05) is 38.2 Å². The van der Waals surface area contributed by atoms with E-state index in [2.05, 4.69) is 9.97 Å². The Morgan fingerprint density at radius 2 is 1.92 bits per heavy atom. The van der Waals surface area contributed by atoms with Crippen molar-refractivity contribution in [3.8, 4) is 0 Å². The molecule has 2 heteroatoms. The summed E-state index contributed by atoms with van der Waals surface area (Å²) >= 11 is 0. The highest BCUT2D eigenvalue weighted by atomic mass is 14.8. The molecule has 0 aliphatic heterocycles.